The fraction of sp³-hybridized carbons (Fsp3) is 0.312. The van der Waals surface area contributed by atoms with Gasteiger partial charge < -0.3 is 10.6 Å². The number of carbonyl (C=O) groups is 1. The lowest BCUT2D eigenvalue weighted by Gasteiger charge is -2.20. The Morgan fingerprint density at radius 3 is 2.27 bits per heavy atom. The van der Waals surface area contributed by atoms with Crippen LogP contribution in [-0.4, -0.2) is 21.4 Å². The number of nitrogens with zero attached hydrogens (tertiary/aromatic N) is 2. The summed E-state index contributed by atoms with van der Waals surface area (Å²) >= 11 is 0. The van der Waals surface area contributed by atoms with Crippen LogP contribution in [0.15, 0.2) is 36.7 Å². The standard InChI is InChI=1S/C16H19FN4O/c1-16(2,3)21-14(22)12-9-19-15(20-10-12)18-8-11-4-6-13(17)7-5-11/h4-7,9-10H,8H2,1-3H3,(H,21,22)(H,18,19,20). The highest BCUT2D eigenvalue weighted by Crippen LogP contribution is 2.07. The number of hydrogen-bond donors (Lipinski definition) is 2. The lowest BCUT2D eigenvalue weighted by molar-refractivity contribution is 0.0919. The van der Waals surface area contributed by atoms with E-state index in [4.69, 9.17) is 0 Å². The average Bonchev–Trinajstić information content (AvgIpc) is 2.45. The molecule has 0 atom stereocenters. The zero-order valence-corrected chi connectivity index (χ0v) is 12.9. The van der Waals surface area contributed by atoms with Crippen molar-refractivity contribution < 1.29 is 9.18 Å². The van der Waals surface area contributed by atoms with Crippen LogP contribution in [0.1, 0.15) is 36.7 Å². The second-order valence-electron chi connectivity index (χ2n) is 5.98. The number of halogens is 1. The van der Waals surface area contributed by atoms with E-state index < -0.39 is 0 Å². The van der Waals surface area contributed by atoms with Gasteiger partial charge in [0, 0.05) is 24.5 Å². The van der Waals surface area contributed by atoms with Gasteiger partial charge in [0.2, 0.25) is 5.95 Å². The summed E-state index contributed by atoms with van der Waals surface area (Å²) in [4.78, 5) is 20.1. The Morgan fingerprint density at radius 1 is 1.14 bits per heavy atom. The SMILES string of the molecule is CC(C)(C)NC(=O)c1cnc(NCc2ccc(F)cc2)nc1. The predicted octanol–water partition coefficient (Wildman–Crippen LogP) is 2.76. The third-order valence-electron chi connectivity index (χ3n) is 2.77. The second kappa shape index (κ2) is 6.51. The molecule has 0 bridgehead atoms. The Labute approximate surface area is 129 Å². The molecule has 2 N–H and O–H groups in total. The molecular formula is C16H19FN4O. The molecule has 0 unspecified atom stereocenters. The summed E-state index contributed by atoms with van der Waals surface area (Å²) in [5.74, 6) is -0.0663. The molecule has 0 fully saturated rings. The van der Waals surface area contributed by atoms with Crippen molar-refractivity contribution in [3.05, 3.63) is 53.6 Å². The van der Waals surface area contributed by atoms with Gasteiger partial charge in [0.1, 0.15) is 5.82 Å². The largest absolute Gasteiger partial charge is 0.350 e. The molecule has 2 rings (SSSR count). The van der Waals surface area contributed by atoms with Gasteiger partial charge in [0.15, 0.2) is 0 Å². The minimum absolute atomic E-state index is 0.211. The fourth-order valence-electron chi connectivity index (χ4n) is 1.73. The van der Waals surface area contributed by atoms with Crippen molar-refractivity contribution in [2.24, 2.45) is 0 Å². The topological polar surface area (TPSA) is 66.9 Å². The van der Waals surface area contributed by atoms with Gasteiger partial charge in [0.25, 0.3) is 5.91 Å². The van der Waals surface area contributed by atoms with Crippen LogP contribution in [0.5, 0.6) is 0 Å². The third-order valence-corrected chi connectivity index (χ3v) is 2.77. The minimum atomic E-state index is -0.309. The van der Waals surface area contributed by atoms with Gasteiger partial charge in [-0.3, -0.25) is 4.79 Å². The second-order valence-corrected chi connectivity index (χ2v) is 5.98. The average molecular weight is 302 g/mol. The lowest BCUT2D eigenvalue weighted by Crippen LogP contribution is -2.40. The van der Waals surface area contributed by atoms with Crippen LogP contribution in [-0.2, 0) is 6.54 Å². The monoisotopic (exact) mass is 302 g/mol. The number of rotatable bonds is 4. The molecule has 0 radical (unpaired) electrons. The highest BCUT2D eigenvalue weighted by molar-refractivity contribution is 5.94. The molecule has 0 aliphatic heterocycles. The Bertz CT molecular complexity index is 633. The number of aromatic nitrogens is 2. The van der Waals surface area contributed by atoms with Crippen LogP contribution in [0.3, 0.4) is 0 Å². The van der Waals surface area contributed by atoms with E-state index in [-0.39, 0.29) is 17.3 Å². The van der Waals surface area contributed by atoms with E-state index in [1.807, 2.05) is 20.8 Å². The van der Waals surface area contributed by atoms with Crippen LogP contribution >= 0.6 is 0 Å². The number of nitrogens with one attached hydrogen (secondary N) is 2. The number of carbonyl (C=O) groups excluding carboxylic acids is 1. The molecule has 0 spiro atoms. The zero-order chi connectivity index (χ0) is 16.2. The van der Waals surface area contributed by atoms with Crippen molar-refractivity contribution in [3.8, 4) is 0 Å². The first-order valence-electron chi connectivity index (χ1n) is 6.96. The van der Waals surface area contributed by atoms with Crippen LogP contribution < -0.4 is 10.6 Å². The maximum atomic E-state index is 12.8. The Morgan fingerprint density at radius 2 is 1.73 bits per heavy atom. The molecule has 22 heavy (non-hydrogen) atoms. The number of benzene rings is 1. The quantitative estimate of drug-likeness (QED) is 0.911. The van der Waals surface area contributed by atoms with Gasteiger partial charge in [0.05, 0.1) is 5.56 Å². The van der Waals surface area contributed by atoms with Gasteiger partial charge in [-0.15, -0.1) is 0 Å². The van der Waals surface area contributed by atoms with Crippen LogP contribution in [0.4, 0.5) is 10.3 Å². The molecule has 0 saturated carbocycles. The van der Waals surface area contributed by atoms with Gasteiger partial charge in [-0.05, 0) is 38.5 Å². The molecule has 6 heteroatoms. The third kappa shape index (κ3) is 4.80. The predicted molar refractivity (Wildman–Crippen MR) is 83.0 cm³/mol. The van der Waals surface area contributed by atoms with Crippen molar-refractivity contribution in [3.63, 3.8) is 0 Å². The Hall–Kier alpha value is -2.50. The molecule has 0 saturated heterocycles. The molecule has 5 nitrogen and oxygen atoms in total. The van der Waals surface area contributed by atoms with E-state index in [9.17, 15) is 9.18 Å². The van der Waals surface area contributed by atoms with E-state index in [1.165, 1.54) is 24.5 Å². The van der Waals surface area contributed by atoms with Crippen molar-refractivity contribution in [1.82, 2.24) is 15.3 Å². The van der Waals surface area contributed by atoms with Crippen molar-refractivity contribution in [2.45, 2.75) is 32.9 Å². The Balaban J connectivity index is 1.94. The molecule has 0 aliphatic rings. The van der Waals surface area contributed by atoms with Crippen molar-refractivity contribution >= 4 is 11.9 Å². The normalized spacial score (nSPS) is 11.1. The van der Waals surface area contributed by atoms with Crippen LogP contribution in [0.2, 0.25) is 0 Å². The van der Waals surface area contributed by atoms with E-state index in [1.54, 1.807) is 12.1 Å². The molecule has 2 aromatic rings. The van der Waals surface area contributed by atoms with Crippen molar-refractivity contribution in [1.29, 1.82) is 0 Å². The molecule has 1 aromatic heterocycles. The Kier molecular flexibility index (Phi) is 4.70. The minimum Gasteiger partial charge on any atom is -0.350 e. The summed E-state index contributed by atoms with van der Waals surface area (Å²) in [7, 11) is 0. The summed E-state index contributed by atoms with van der Waals surface area (Å²) in [6.45, 7) is 6.20. The summed E-state index contributed by atoms with van der Waals surface area (Å²) in [6.07, 6.45) is 2.95. The van der Waals surface area contributed by atoms with Crippen LogP contribution in [0, 0.1) is 5.82 Å². The number of anilines is 1. The van der Waals surface area contributed by atoms with Gasteiger partial charge in [-0.2, -0.15) is 0 Å². The lowest BCUT2D eigenvalue weighted by atomic mass is 10.1. The maximum Gasteiger partial charge on any atom is 0.254 e. The summed E-state index contributed by atoms with van der Waals surface area (Å²) in [5, 5.41) is 5.86. The molecule has 1 aromatic carbocycles. The molecule has 0 aliphatic carbocycles. The van der Waals surface area contributed by atoms with Crippen LogP contribution in [0.25, 0.3) is 0 Å². The highest BCUT2D eigenvalue weighted by Gasteiger charge is 2.15. The first kappa shape index (κ1) is 15.9. The maximum absolute atomic E-state index is 12.8. The van der Waals surface area contributed by atoms with E-state index in [2.05, 4.69) is 20.6 Å². The van der Waals surface area contributed by atoms with Crippen molar-refractivity contribution in [2.75, 3.05) is 5.32 Å². The van der Waals surface area contributed by atoms with E-state index in [0.29, 0.717) is 18.1 Å². The number of amides is 1. The smallest absolute Gasteiger partial charge is 0.254 e. The van der Waals surface area contributed by atoms with Gasteiger partial charge >= 0.3 is 0 Å². The molecule has 1 heterocycles. The first-order valence-corrected chi connectivity index (χ1v) is 6.96. The molecule has 1 amide bonds. The fourth-order valence-corrected chi connectivity index (χ4v) is 1.73. The van der Waals surface area contributed by atoms with Gasteiger partial charge in [-0.1, -0.05) is 12.1 Å². The summed E-state index contributed by atoms with van der Waals surface area (Å²) in [5.41, 5.74) is 1.01. The first-order chi connectivity index (χ1) is 10.3. The number of hydrogen-bond acceptors (Lipinski definition) is 4. The zero-order valence-electron chi connectivity index (χ0n) is 12.9. The highest BCUT2D eigenvalue weighted by atomic mass is 19.1. The van der Waals surface area contributed by atoms with E-state index >= 15 is 0 Å². The molecule has 116 valence electrons. The van der Waals surface area contributed by atoms with Gasteiger partial charge in [-0.25, -0.2) is 14.4 Å². The molecular weight excluding hydrogens is 283 g/mol. The van der Waals surface area contributed by atoms with E-state index in [0.717, 1.165) is 5.56 Å². The summed E-state index contributed by atoms with van der Waals surface area (Å²) < 4.78 is 12.8. The summed E-state index contributed by atoms with van der Waals surface area (Å²) in [6, 6.07) is 6.18.